The Morgan fingerprint density at radius 1 is 1.10 bits per heavy atom. The van der Waals surface area contributed by atoms with E-state index in [1.165, 1.54) is 6.07 Å². The minimum Gasteiger partial charge on any atom is -0.337 e. The third kappa shape index (κ3) is 3.60. The number of hydrogen-bond donors (Lipinski definition) is 3. The van der Waals surface area contributed by atoms with E-state index in [2.05, 4.69) is 20.7 Å². The van der Waals surface area contributed by atoms with Crippen LogP contribution in [-0.4, -0.2) is 9.97 Å². The summed E-state index contributed by atoms with van der Waals surface area (Å²) in [4.78, 5) is 8.25. The predicted molar refractivity (Wildman–Crippen MR) is 73.4 cm³/mol. The number of benzene rings is 1. The number of nitrogens with one attached hydrogen (secondary N) is 2. The molecule has 0 spiro atoms. The zero-order chi connectivity index (χ0) is 15.4. The van der Waals surface area contributed by atoms with Gasteiger partial charge in [0, 0.05) is 24.6 Å². The Morgan fingerprint density at radius 2 is 1.81 bits per heavy atom. The summed E-state index contributed by atoms with van der Waals surface area (Å²) < 4.78 is 39.9. The second-order valence-electron chi connectivity index (χ2n) is 4.32. The molecule has 8 heteroatoms. The van der Waals surface area contributed by atoms with Crippen LogP contribution in [0.3, 0.4) is 0 Å². The van der Waals surface area contributed by atoms with Gasteiger partial charge in [-0.15, -0.1) is 0 Å². The summed E-state index contributed by atoms with van der Waals surface area (Å²) >= 11 is 0. The summed E-state index contributed by atoms with van der Waals surface area (Å²) in [6.45, 7) is 1.95. The summed E-state index contributed by atoms with van der Waals surface area (Å²) in [5.74, 6) is 2.91. The van der Waals surface area contributed by atoms with Crippen molar-refractivity contribution in [3.63, 3.8) is 0 Å². The fourth-order valence-electron chi connectivity index (χ4n) is 1.76. The van der Waals surface area contributed by atoms with Gasteiger partial charge in [-0.3, -0.25) is 0 Å². The van der Waals surface area contributed by atoms with Gasteiger partial charge in [0.25, 0.3) is 0 Å². The molecule has 0 radical (unpaired) electrons. The Morgan fingerprint density at radius 3 is 2.48 bits per heavy atom. The van der Waals surface area contributed by atoms with Crippen LogP contribution in [0.5, 0.6) is 0 Å². The lowest BCUT2D eigenvalue weighted by Gasteiger charge is -2.10. The van der Waals surface area contributed by atoms with E-state index < -0.39 is 17.5 Å². The summed E-state index contributed by atoms with van der Waals surface area (Å²) in [7, 11) is 0. The third-order valence-electron chi connectivity index (χ3n) is 2.65. The van der Waals surface area contributed by atoms with Gasteiger partial charge in [0.05, 0.1) is 5.69 Å². The van der Waals surface area contributed by atoms with Crippen LogP contribution < -0.4 is 16.6 Å². The van der Waals surface area contributed by atoms with E-state index in [-0.39, 0.29) is 11.5 Å². The van der Waals surface area contributed by atoms with Gasteiger partial charge in [0.2, 0.25) is 0 Å². The van der Waals surface area contributed by atoms with Crippen LogP contribution >= 0.6 is 0 Å². The van der Waals surface area contributed by atoms with Crippen LogP contribution in [-0.2, 0) is 6.42 Å². The van der Waals surface area contributed by atoms with E-state index in [0.29, 0.717) is 24.1 Å². The Balaban J connectivity index is 2.37. The number of hydrogen-bond acceptors (Lipinski definition) is 5. The van der Waals surface area contributed by atoms with Crippen LogP contribution in [0.4, 0.5) is 30.5 Å². The van der Waals surface area contributed by atoms with Gasteiger partial charge >= 0.3 is 0 Å². The first-order valence-corrected chi connectivity index (χ1v) is 6.29. The minimum atomic E-state index is -1.28. The molecule has 5 nitrogen and oxygen atoms in total. The average molecular weight is 297 g/mol. The van der Waals surface area contributed by atoms with Crippen LogP contribution in [0.1, 0.15) is 19.2 Å². The third-order valence-corrected chi connectivity index (χ3v) is 2.65. The molecule has 1 heterocycles. The lowest BCUT2D eigenvalue weighted by Crippen LogP contribution is -2.11. The summed E-state index contributed by atoms with van der Waals surface area (Å²) in [6.07, 6.45) is 1.39. The maximum Gasteiger partial charge on any atom is 0.182 e. The number of nitrogen functional groups attached to an aromatic ring is 1. The number of anilines is 3. The highest BCUT2D eigenvalue weighted by Gasteiger charge is 2.12. The number of aryl methyl sites for hydroxylation is 1. The first-order valence-electron chi connectivity index (χ1n) is 6.29. The van der Waals surface area contributed by atoms with Gasteiger partial charge in [0.1, 0.15) is 23.3 Å². The Kier molecular flexibility index (Phi) is 4.59. The van der Waals surface area contributed by atoms with Gasteiger partial charge in [0.15, 0.2) is 11.6 Å². The van der Waals surface area contributed by atoms with E-state index in [1.54, 1.807) is 0 Å². The highest BCUT2D eigenvalue weighted by Crippen LogP contribution is 2.23. The molecule has 0 atom stereocenters. The van der Waals surface area contributed by atoms with Crippen LogP contribution in [0.15, 0.2) is 18.2 Å². The normalized spacial score (nSPS) is 10.5. The highest BCUT2D eigenvalue weighted by atomic mass is 19.2. The van der Waals surface area contributed by atoms with Gasteiger partial charge < -0.3 is 10.7 Å². The number of nitrogens with two attached hydrogens (primary N) is 1. The lowest BCUT2D eigenvalue weighted by atomic mass is 10.2. The van der Waals surface area contributed by atoms with Crippen molar-refractivity contribution in [1.82, 2.24) is 9.97 Å². The zero-order valence-electron chi connectivity index (χ0n) is 11.3. The quantitative estimate of drug-likeness (QED) is 0.449. The molecule has 0 saturated carbocycles. The number of rotatable bonds is 5. The topological polar surface area (TPSA) is 75.9 Å². The second-order valence-corrected chi connectivity index (χ2v) is 4.32. The smallest absolute Gasteiger partial charge is 0.182 e. The molecule has 2 aromatic rings. The van der Waals surface area contributed by atoms with E-state index in [4.69, 9.17) is 5.84 Å². The fourth-order valence-corrected chi connectivity index (χ4v) is 1.76. The summed E-state index contributed by atoms with van der Waals surface area (Å²) in [5.41, 5.74) is 2.01. The van der Waals surface area contributed by atoms with Gasteiger partial charge in [-0.25, -0.2) is 29.0 Å². The molecule has 0 aliphatic heterocycles. The molecule has 0 saturated heterocycles. The van der Waals surface area contributed by atoms with Gasteiger partial charge in [-0.1, -0.05) is 6.92 Å². The van der Waals surface area contributed by atoms with Crippen molar-refractivity contribution in [2.24, 2.45) is 5.84 Å². The van der Waals surface area contributed by atoms with Crippen molar-refractivity contribution < 1.29 is 13.2 Å². The van der Waals surface area contributed by atoms with Gasteiger partial charge in [-0.2, -0.15) is 0 Å². The summed E-state index contributed by atoms with van der Waals surface area (Å²) in [6, 6.07) is 2.72. The van der Waals surface area contributed by atoms with Crippen molar-refractivity contribution in [2.75, 3.05) is 10.7 Å². The fraction of sp³-hybridized carbons (Fsp3) is 0.231. The zero-order valence-corrected chi connectivity index (χ0v) is 11.3. The lowest BCUT2D eigenvalue weighted by molar-refractivity contribution is 0.498. The Hall–Kier alpha value is -2.35. The van der Waals surface area contributed by atoms with Gasteiger partial charge in [-0.05, 0) is 6.42 Å². The molecule has 0 fully saturated rings. The van der Waals surface area contributed by atoms with Crippen molar-refractivity contribution in [3.8, 4) is 0 Å². The minimum absolute atomic E-state index is 0.185. The number of nitrogens with zero attached hydrogens (tertiary/aromatic N) is 2. The molecule has 0 aliphatic rings. The average Bonchev–Trinajstić information content (AvgIpc) is 2.44. The standard InChI is InChI=1S/C13H14F3N5/c1-2-3-10-19-11(6-12(20-10)21-17)18-9-5-7(14)4-8(15)13(9)16/h4-6H,2-3,17H2,1H3,(H2,18,19,20,21). The molecule has 1 aromatic heterocycles. The van der Waals surface area contributed by atoms with E-state index in [9.17, 15) is 13.2 Å². The van der Waals surface area contributed by atoms with Crippen molar-refractivity contribution >= 4 is 17.3 Å². The van der Waals surface area contributed by atoms with Crippen molar-refractivity contribution in [3.05, 3.63) is 41.5 Å². The molecule has 0 aliphatic carbocycles. The summed E-state index contributed by atoms with van der Waals surface area (Å²) in [5, 5.41) is 2.53. The number of hydrazine groups is 1. The molecule has 4 N–H and O–H groups in total. The molecule has 112 valence electrons. The monoisotopic (exact) mass is 297 g/mol. The van der Waals surface area contributed by atoms with E-state index in [1.807, 2.05) is 6.92 Å². The van der Waals surface area contributed by atoms with E-state index >= 15 is 0 Å². The molecule has 21 heavy (non-hydrogen) atoms. The molecule has 0 bridgehead atoms. The number of aromatic nitrogens is 2. The maximum atomic E-state index is 13.6. The SMILES string of the molecule is CCCc1nc(NN)cc(Nc2cc(F)cc(F)c2F)n1. The first-order chi connectivity index (χ1) is 10.0. The first kappa shape index (κ1) is 15.0. The van der Waals surface area contributed by atoms with Crippen molar-refractivity contribution in [1.29, 1.82) is 0 Å². The maximum absolute atomic E-state index is 13.6. The largest absolute Gasteiger partial charge is 0.337 e. The molecular weight excluding hydrogens is 283 g/mol. The van der Waals surface area contributed by atoms with Crippen molar-refractivity contribution in [2.45, 2.75) is 19.8 Å². The van der Waals surface area contributed by atoms with Crippen LogP contribution in [0.2, 0.25) is 0 Å². The van der Waals surface area contributed by atoms with Crippen LogP contribution in [0, 0.1) is 17.5 Å². The Labute approximate surface area is 119 Å². The van der Waals surface area contributed by atoms with Crippen LogP contribution in [0.25, 0.3) is 0 Å². The Bertz CT molecular complexity index is 648. The molecular formula is C13H14F3N5. The highest BCUT2D eigenvalue weighted by molar-refractivity contribution is 5.59. The second kappa shape index (κ2) is 6.40. The van der Waals surface area contributed by atoms with E-state index in [0.717, 1.165) is 12.5 Å². The number of halogens is 3. The predicted octanol–water partition coefficient (Wildman–Crippen LogP) is 2.88. The molecule has 2 rings (SSSR count). The molecule has 1 aromatic carbocycles. The molecule has 0 amide bonds. The molecule has 0 unspecified atom stereocenters.